The van der Waals surface area contributed by atoms with Gasteiger partial charge in [0.05, 0.1) is 16.2 Å². The van der Waals surface area contributed by atoms with Gasteiger partial charge < -0.3 is 16.0 Å². The van der Waals surface area contributed by atoms with E-state index < -0.39 is 29.3 Å². The number of amides is 3. The molecule has 1 saturated carbocycles. The van der Waals surface area contributed by atoms with Crippen LogP contribution >= 0.6 is 11.6 Å². The molecule has 10 heteroatoms. The summed E-state index contributed by atoms with van der Waals surface area (Å²) in [4.78, 5) is 36.3. The summed E-state index contributed by atoms with van der Waals surface area (Å²) in [6.45, 7) is 2.35. The van der Waals surface area contributed by atoms with E-state index in [1.54, 1.807) is 36.7 Å². The van der Waals surface area contributed by atoms with E-state index in [0.29, 0.717) is 42.6 Å². The number of pyridine rings is 1. The van der Waals surface area contributed by atoms with Gasteiger partial charge in [-0.15, -0.1) is 0 Å². The largest absolute Gasteiger partial charge is 0.323 e. The van der Waals surface area contributed by atoms with E-state index in [2.05, 4.69) is 20.6 Å². The summed E-state index contributed by atoms with van der Waals surface area (Å²) >= 11 is 5.88. The minimum absolute atomic E-state index is 0.0430. The lowest BCUT2D eigenvalue weighted by molar-refractivity contribution is -0.119. The number of aliphatic imine (C=N–C) groups is 1. The van der Waals surface area contributed by atoms with Gasteiger partial charge in [0.1, 0.15) is 17.7 Å². The number of hydrogen-bond donors (Lipinski definition) is 3. The average molecular weight is 565 g/mol. The standard InChI is InChI=1S/C30H34ClFN6O2/c1-19-15-26(38(18-19)29(40)37-27-9-7-23(31)17-35-27)28(39)36-25-16-22(6-8-24(25)32)30(33,12-10-20-4-5-20)21-3-2-13-34-14-11-21/h2,6-9,11,13-14,16-17,19-20,26H,3-5,10,12,15,18,33H2,1H3,(H,36,39)(H,35,37,40)/t19-,26+,30?/m0/s1. The lowest BCUT2D eigenvalue weighted by atomic mass is 9.77. The summed E-state index contributed by atoms with van der Waals surface area (Å²) in [5, 5.41) is 5.91. The molecule has 1 saturated heterocycles. The second kappa shape index (κ2) is 11.9. The Morgan fingerprint density at radius 2 is 2.05 bits per heavy atom. The van der Waals surface area contributed by atoms with Gasteiger partial charge >= 0.3 is 6.03 Å². The number of carbonyl (C=O) groups excluding carboxylic acids is 2. The topological polar surface area (TPSA) is 113 Å². The van der Waals surface area contributed by atoms with Crippen LogP contribution in [0.15, 0.2) is 65.4 Å². The molecule has 1 aromatic heterocycles. The predicted octanol–water partition coefficient (Wildman–Crippen LogP) is 6.01. The molecule has 1 unspecified atom stereocenters. The van der Waals surface area contributed by atoms with Crippen molar-refractivity contribution < 1.29 is 14.0 Å². The van der Waals surface area contributed by atoms with Gasteiger partial charge in [0.25, 0.3) is 0 Å². The van der Waals surface area contributed by atoms with E-state index in [9.17, 15) is 9.59 Å². The van der Waals surface area contributed by atoms with Crippen molar-refractivity contribution in [3.8, 4) is 0 Å². The third kappa shape index (κ3) is 6.42. The Balaban J connectivity index is 1.36. The van der Waals surface area contributed by atoms with Crippen LogP contribution in [0.25, 0.3) is 0 Å². The Hall–Kier alpha value is -3.56. The molecule has 0 spiro atoms. The number of urea groups is 1. The maximum Gasteiger partial charge on any atom is 0.323 e. The van der Waals surface area contributed by atoms with Crippen LogP contribution in [0, 0.1) is 17.7 Å². The fourth-order valence-electron chi connectivity index (χ4n) is 5.42. The van der Waals surface area contributed by atoms with Gasteiger partial charge in [-0.05, 0) is 79.0 Å². The third-order valence-corrected chi connectivity index (χ3v) is 8.11. The molecule has 3 amide bonds. The van der Waals surface area contributed by atoms with Gasteiger partial charge in [-0.2, -0.15) is 0 Å². The first-order chi connectivity index (χ1) is 19.2. The number of carbonyl (C=O) groups is 2. The first-order valence-corrected chi connectivity index (χ1v) is 14.1. The van der Waals surface area contributed by atoms with E-state index in [1.165, 1.54) is 30.0 Å². The van der Waals surface area contributed by atoms with E-state index >= 15 is 4.39 Å². The van der Waals surface area contributed by atoms with Crippen LogP contribution in [0.1, 0.15) is 51.0 Å². The Labute approximate surface area is 238 Å². The number of nitrogens with one attached hydrogen (secondary N) is 2. The number of halogens is 2. The van der Waals surface area contributed by atoms with Crippen molar-refractivity contribution in [2.75, 3.05) is 17.2 Å². The third-order valence-electron chi connectivity index (χ3n) is 7.88. The lowest BCUT2D eigenvalue weighted by Crippen LogP contribution is -2.45. The Bertz CT molecular complexity index is 1360. The summed E-state index contributed by atoms with van der Waals surface area (Å²) in [5.41, 5.74) is 8.01. The number of hydrogen-bond acceptors (Lipinski definition) is 5. The lowest BCUT2D eigenvalue weighted by Gasteiger charge is -2.33. The Morgan fingerprint density at radius 1 is 1.23 bits per heavy atom. The predicted molar refractivity (Wildman–Crippen MR) is 156 cm³/mol. The van der Waals surface area contributed by atoms with Crippen LogP contribution in [0.4, 0.5) is 20.7 Å². The molecule has 210 valence electrons. The highest BCUT2D eigenvalue weighted by molar-refractivity contribution is 6.30. The number of nitrogens with zero attached hydrogens (tertiary/aromatic N) is 3. The molecule has 2 fully saturated rings. The van der Waals surface area contributed by atoms with Crippen molar-refractivity contribution in [2.24, 2.45) is 22.6 Å². The minimum atomic E-state index is -0.837. The van der Waals surface area contributed by atoms with Crippen molar-refractivity contribution in [1.29, 1.82) is 0 Å². The maximum atomic E-state index is 15.1. The molecule has 0 radical (unpaired) electrons. The van der Waals surface area contributed by atoms with E-state index in [1.807, 2.05) is 19.1 Å². The van der Waals surface area contributed by atoms with Gasteiger partial charge in [-0.1, -0.05) is 43.5 Å². The second-order valence-electron chi connectivity index (χ2n) is 11.0. The molecule has 1 aliphatic carbocycles. The monoisotopic (exact) mass is 564 g/mol. The van der Waals surface area contributed by atoms with Crippen molar-refractivity contribution in [2.45, 2.75) is 57.0 Å². The summed E-state index contributed by atoms with van der Waals surface area (Å²) in [7, 11) is 0. The zero-order valence-corrected chi connectivity index (χ0v) is 23.2. The van der Waals surface area contributed by atoms with Gasteiger partial charge in [-0.25, -0.2) is 14.2 Å². The van der Waals surface area contributed by atoms with Crippen LogP contribution in [0.5, 0.6) is 0 Å². The zero-order valence-electron chi connectivity index (χ0n) is 22.4. The summed E-state index contributed by atoms with van der Waals surface area (Å²) < 4.78 is 15.1. The second-order valence-corrected chi connectivity index (χ2v) is 11.5. The SMILES string of the molecule is C[C@H]1C[C@H](C(=O)Nc2cc(C(N)(CCC3CC3)C3=CC=NC=CC3)ccc2F)N(C(=O)Nc2ccc(Cl)cn2)C1. The van der Waals surface area contributed by atoms with Gasteiger partial charge in [0.2, 0.25) is 5.91 Å². The molecule has 2 aromatic rings. The molecular formula is C30H34ClFN6O2. The van der Waals surface area contributed by atoms with Crippen LogP contribution in [-0.4, -0.2) is 40.6 Å². The Morgan fingerprint density at radius 3 is 2.80 bits per heavy atom. The van der Waals surface area contributed by atoms with E-state index in [-0.39, 0.29) is 11.6 Å². The number of aromatic nitrogens is 1. The number of allylic oxidation sites excluding steroid dienone is 2. The molecule has 3 atom stereocenters. The highest BCUT2D eigenvalue weighted by atomic mass is 35.5. The minimum Gasteiger partial charge on any atom is -0.322 e. The molecule has 1 aromatic carbocycles. The normalized spacial score (nSPS) is 21.9. The molecule has 40 heavy (non-hydrogen) atoms. The summed E-state index contributed by atoms with van der Waals surface area (Å²) in [6.07, 6.45) is 14.0. The fourth-order valence-corrected chi connectivity index (χ4v) is 5.53. The van der Waals surface area contributed by atoms with Crippen molar-refractivity contribution in [3.63, 3.8) is 0 Å². The van der Waals surface area contributed by atoms with Gasteiger partial charge in [0.15, 0.2) is 0 Å². The van der Waals surface area contributed by atoms with Crippen LogP contribution in [0.3, 0.4) is 0 Å². The molecule has 4 N–H and O–H groups in total. The first kappa shape index (κ1) is 28.0. The van der Waals surface area contributed by atoms with E-state index in [4.69, 9.17) is 17.3 Å². The number of nitrogens with two attached hydrogens (primary N) is 1. The molecular weight excluding hydrogens is 531 g/mol. The Kier molecular flexibility index (Phi) is 8.32. The van der Waals surface area contributed by atoms with Gasteiger partial charge in [-0.3, -0.25) is 15.1 Å². The first-order valence-electron chi connectivity index (χ1n) is 13.7. The average Bonchev–Trinajstić information content (AvgIpc) is 3.74. The molecule has 5 rings (SSSR count). The van der Waals surface area contributed by atoms with Crippen LogP contribution in [0.2, 0.25) is 5.02 Å². The van der Waals surface area contributed by atoms with Crippen LogP contribution < -0.4 is 16.4 Å². The molecule has 3 aliphatic rings. The quantitative estimate of drug-likeness (QED) is 0.364. The number of anilines is 2. The molecule has 0 bridgehead atoms. The van der Waals surface area contributed by atoms with Gasteiger partial charge in [0, 0.05) is 25.2 Å². The number of rotatable bonds is 8. The van der Waals surface area contributed by atoms with Crippen molar-refractivity contribution in [1.82, 2.24) is 9.88 Å². The highest BCUT2D eigenvalue weighted by Gasteiger charge is 2.39. The maximum absolute atomic E-state index is 15.1. The van der Waals surface area contributed by atoms with Crippen molar-refractivity contribution >= 4 is 41.3 Å². The number of benzene rings is 1. The summed E-state index contributed by atoms with van der Waals surface area (Å²) in [5.74, 6) is 0.0638. The van der Waals surface area contributed by atoms with E-state index in [0.717, 1.165) is 17.6 Å². The number of likely N-dealkylation sites (tertiary alicyclic amines) is 1. The van der Waals surface area contributed by atoms with Crippen molar-refractivity contribution in [3.05, 3.63) is 76.9 Å². The smallest absolute Gasteiger partial charge is 0.322 e. The molecule has 2 aliphatic heterocycles. The van der Waals surface area contributed by atoms with Crippen LogP contribution in [-0.2, 0) is 10.3 Å². The molecule has 8 nitrogen and oxygen atoms in total. The zero-order chi connectivity index (χ0) is 28.3. The summed E-state index contributed by atoms with van der Waals surface area (Å²) in [6, 6.07) is 6.65. The highest BCUT2D eigenvalue weighted by Crippen LogP contribution is 2.41. The molecule has 3 heterocycles. The fraction of sp³-hybridized carbons (Fsp3) is 0.400.